The van der Waals surface area contributed by atoms with Gasteiger partial charge in [0.15, 0.2) is 5.82 Å². The lowest BCUT2D eigenvalue weighted by atomic mass is 10.2. The fraction of sp³-hybridized carbons (Fsp3) is 0. The highest BCUT2D eigenvalue weighted by Gasteiger charge is 2.07. The summed E-state index contributed by atoms with van der Waals surface area (Å²) < 4.78 is 1.73. The van der Waals surface area contributed by atoms with E-state index in [9.17, 15) is 0 Å². The molecule has 0 N–H and O–H groups in total. The topological polar surface area (TPSA) is 43.6 Å². The second-order valence-corrected chi connectivity index (χ2v) is 4.93. The van der Waals surface area contributed by atoms with Gasteiger partial charge in [0.2, 0.25) is 0 Å². The second-order valence-electron chi connectivity index (χ2n) is 4.50. The van der Waals surface area contributed by atoms with E-state index in [-0.39, 0.29) is 0 Å². The van der Waals surface area contributed by atoms with Crippen LogP contribution in [0.4, 0.5) is 0 Å². The molecule has 2 heterocycles. The molecule has 20 heavy (non-hydrogen) atoms. The van der Waals surface area contributed by atoms with Gasteiger partial charge >= 0.3 is 0 Å². The van der Waals surface area contributed by atoms with Crippen molar-refractivity contribution in [2.24, 2.45) is 0 Å². The van der Waals surface area contributed by atoms with Gasteiger partial charge in [-0.3, -0.25) is 0 Å². The molecule has 0 saturated carbocycles. The van der Waals surface area contributed by atoms with Gasteiger partial charge < -0.3 is 0 Å². The van der Waals surface area contributed by atoms with Crippen LogP contribution in [0.25, 0.3) is 27.8 Å². The highest BCUT2D eigenvalue weighted by Crippen LogP contribution is 2.20. The van der Waals surface area contributed by atoms with Crippen LogP contribution in [-0.2, 0) is 0 Å². The molecule has 0 atom stereocenters. The minimum absolute atomic E-state index is 0.672. The predicted octanol–water partition coefficient (Wildman–Crippen LogP) is 3.62. The fourth-order valence-corrected chi connectivity index (χ4v) is 2.40. The van der Waals surface area contributed by atoms with Crippen LogP contribution in [0.1, 0.15) is 0 Å². The van der Waals surface area contributed by atoms with E-state index in [1.165, 1.54) is 0 Å². The first-order chi connectivity index (χ1) is 9.81. The van der Waals surface area contributed by atoms with Gasteiger partial charge in [0.25, 0.3) is 0 Å². The number of para-hydroxylation sites is 1. The summed E-state index contributed by atoms with van der Waals surface area (Å²) in [5, 5.41) is 10.0. The smallest absolute Gasteiger partial charge is 0.156 e. The first kappa shape index (κ1) is 11.4. The first-order valence-electron chi connectivity index (χ1n) is 6.18. The van der Waals surface area contributed by atoms with Crippen LogP contribution < -0.4 is 0 Å². The molecular weight excluding hydrogens is 272 g/mol. The molecule has 2 aromatic heterocycles. The van der Waals surface area contributed by atoms with Crippen molar-refractivity contribution >= 4 is 33.5 Å². The average Bonchev–Trinajstić information content (AvgIpc) is 2.90. The van der Waals surface area contributed by atoms with E-state index in [4.69, 9.17) is 11.6 Å². The maximum Gasteiger partial charge on any atom is 0.156 e. The Bertz CT molecular complexity index is 929. The van der Waals surface area contributed by atoms with Crippen molar-refractivity contribution in [2.75, 3.05) is 0 Å². The predicted molar refractivity (Wildman–Crippen MR) is 79.2 cm³/mol. The second kappa shape index (κ2) is 4.28. The molecule has 4 nitrogen and oxygen atoms in total. The Kier molecular flexibility index (Phi) is 2.44. The van der Waals surface area contributed by atoms with Crippen LogP contribution in [0.15, 0.2) is 54.6 Å². The van der Waals surface area contributed by atoms with E-state index in [2.05, 4.69) is 15.3 Å². The van der Waals surface area contributed by atoms with Crippen molar-refractivity contribution in [2.45, 2.75) is 0 Å². The number of rotatable bonds is 1. The van der Waals surface area contributed by atoms with Gasteiger partial charge in [-0.2, -0.15) is 4.68 Å². The lowest BCUT2D eigenvalue weighted by Crippen LogP contribution is -1.99. The maximum atomic E-state index is 6.02. The molecule has 96 valence electrons. The molecule has 0 aliphatic heterocycles. The summed E-state index contributed by atoms with van der Waals surface area (Å²) in [5.74, 6) is 0.730. The number of aromatic nitrogens is 4. The number of benzene rings is 2. The highest BCUT2D eigenvalue weighted by molar-refractivity contribution is 6.31. The van der Waals surface area contributed by atoms with Crippen LogP contribution in [0.3, 0.4) is 0 Å². The molecule has 0 aliphatic rings. The molecule has 4 rings (SSSR count). The molecule has 2 aromatic carbocycles. The number of nitrogens with zero attached hydrogens (tertiary/aromatic N) is 4. The molecule has 0 fully saturated rings. The number of pyridine rings is 1. The zero-order chi connectivity index (χ0) is 13.5. The minimum Gasteiger partial charge on any atom is -0.229 e. The Morgan fingerprint density at radius 1 is 0.900 bits per heavy atom. The lowest BCUT2D eigenvalue weighted by molar-refractivity contribution is 0.805. The van der Waals surface area contributed by atoms with Crippen molar-refractivity contribution < 1.29 is 0 Å². The maximum absolute atomic E-state index is 6.02. The van der Waals surface area contributed by atoms with E-state index < -0.39 is 0 Å². The van der Waals surface area contributed by atoms with E-state index in [1.807, 2.05) is 54.6 Å². The van der Waals surface area contributed by atoms with Gasteiger partial charge in [-0.05, 0) is 36.4 Å². The Hall–Kier alpha value is -2.46. The van der Waals surface area contributed by atoms with Gasteiger partial charge in [-0.15, -0.1) is 5.10 Å². The standard InChI is InChI=1S/C15H9ClN4/c16-11-7-5-10-6-8-15(17-13(10)9-11)20-14-4-2-1-3-12(14)18-19-20/h1-9H. The third kappa shape index (κ3) is 1.73. The molecule has 0 unspecified atom stereocenters. The van der Waals surface area contributed by atoms with Crippen LogP contribution in [0.5, 0.6) is 0 Å². The van der Waals surface area contributed by atoms with E-state index >= 15 is 0 Å². The van der Waals surface area contributed by atoms with Crippen LogP contribution in [0, 0.1) is 0 Å². The summed E-state index contributed by atoms with van der Waals surface area (Å²) in [6, 6.07) is 17.4. The number of hydrogen-bond acceptors (Lipinski definition) is 3. The molecule has 0 bridgehead atoms. The first-order valence-corrected chi connectivity index (χ1v) is 6.56. The third-order valence-corrected chi connectivity index (χ3v) is 3.44. The molecule has 0 spiro atoms. The van der Waals surface area contributed by atoms with Crippen LogP contribution in [0.2, 0.25) is 5.02 Å². The SMILES string of the molecule is Clc1ccc2ccc(-n3nnc4ccccc43)nc2c1. The van der Waals surface area contributed by atoms with Crippen molar-refractivity contribution in [3.05, 3.63) is 59.6 Å². The van der Waals surface area contributed by atoms with Crippen molar-refractivity contribution in [1.29, 1.82) is 0 Å². The van der Waals surface area contributed by atoms with Gasteiger partial charge in [-0.25, -0.2) is 4.98 Å². The molecule has 0 amide bonds. The summed E-state index contributed by atoms with van der Waals surface area (Å²) in [6.07, 6.45) is 0. The summed E-state index contributed by atoms with van der Waals surface area (Å²) in [7, 11) is 0. The fourth-order valence-electron chi connectivity index (χ4n) is 2.24. The molecule has 5 heteroatoms. The summed E-state index contributed by atoms with van der Waals surface area (Å²) in [6.45, 7) is 0. The lowest BCUT2D eigenvalue weighted by Gasteiger charge is -2.03. The number of fused-ring (bicyclic) bond motifs is 2. The van der Waals surface area contributed by atoms with Gasteiger partial charge in [0.05, 0.1) is 11.0 Å². The van der Waals surface area contributed by atoms with Crippen molar-refractivity contribution in [1.82, 2.24) is 20.0 Å². The summed E-state index contributed by atoms with van der Waals surface area (Å²) in [4.78, 5) is 4.60. The zero-order valence-electron chi connectivity index (χ0n) is 10.4. The average molecular weight is 281 g/mol. The molecular formula is C15H9ClN4. The quantitative estimate of drug-likeness (QED) is 0.535. The Morgan fingerprint density at radius 3 is 2.70 bits per heavy atom. The Labute approximate surface area is 119 Å². The van der Waals surface area contributed by atoms with Gasteiger partial charge in [-0.1, -0.05) is 35.0 Å². The van der Waals surface area contributed by atoms with Crippen LogP contribution >= 0.6 is 11.6 Å². The molecule has 0 saturated heterocycles. The van der Waals surface area contributed by atoms with Gasteiger partial charge in [0, 0.05) is 10.4 Å². The van der Waals surface area contributed by atoms with Crippen molar-refractivity contribution in [3.8, 4) is 5.82 Å². The van der Waals surface area contributed by atoms with Crippen molar-refractivity contribution in [3.63, 3.8) is 0 Å². The third-order valence-electron chi connectivity index (χ3n) is 3.21. The monoisotopic (exact) mass is 280 g/mol. The normalized spacial score (nSPS) is 11.2. The number of halogens is 1. The summed E-state index contributed by atoms with van der Waals surface area (Å²) in [5.41, 5.74) is 2.62. The van der Waals surface area contributed by atoms with Gasteiger partial charge in [0.1, 0.15) is 5.52 Å². The largest absolute Gasteiger partial charge is 0.229 e. The molecule has 4 aromatic rings. The minimum atomic E-state index is 0.672. The van der Waals surface area contributed by atoms with E-state index in [0.717, 1.165) is 27.8 Å². The highest BCUT2D eigenvalue weighted by atomic mass is 35.5. The number of hydrogen-bond donors (Lipinski definition) is 0. The Morgan fingerprint density at radius 2 is 1.75 bits per heavy atom. The van der Waals surface area contributed by atoms with Crippen LogP contribution in [-0.4, -0.2) is 20.0 Å². The van der Waals surface area contributed by atoms with E-state index in [0.29, 0.717) is 5.02 Å². The molecule has 0 radical (unpaired) electrons. The Balaban J connectivity index is 1.97. The summed E-state index contributed by atoms with van der Waals surface area (Å²) >= 11 is 6.02. The van der Waals surface area contributed by atoms with E-state index in [1.54, 1.807) is 4.68 Å². The molecule has 0 aliphatic carbocycles. The zero-order valence-corrected chi connectivity index (χ0v) is 11.1.